The molecule has 96 valence electrons. The Morgan fingerprint density at radius 3 is 3.06 bits per heavy atom. The molecule has 0 saturated carbocycles. The number of aromatic nitrogens is 1. The van der Waals surface area contributed by atoms with Gasteiger partial charge in [-0.05, 0) is 25.5 Å². The van der Waals surface area contributed by atoms with Crippen molar-refractivity contribution in [2.45, 2.75) is 20.0 Å². The molecule has 2 heterocycles. The SMILES string of the molecule is Cc1cc(NCC2CNCCO2)nc(C)c1C#N. The van der Waals surface area contributed by atoms with Crippen molar-refractivity contribution in [2.75, 3.05) is 31.6 Å². The van der Waals surface area contributed by atoms with Crippen LogP contribution in [-0.2, 0) is 4.74 Å². The Kier molecular flexibility index (Phi) is 4.13. The van der Waals surface area contributed by atoms with Crippen LogP contribution < -0.4 is 10.6 Å². The van der Waals surface area contributed by atoms with Gasteiger partial charge in [-0.2, -0.15) is 5.26 Å². The summed E-state index contributed by atoms with van der Waals surface area (Å²) in [6, 6.07) is 4.08. The van der Waals surface area contributed by atoms with Crippen molar-refractivity contribution in [1.82, 2.24) is 10.3 Å². The minimum atomic E-state index is 0.178. The van der Waals surface area contributed by atoms with Gasteiger partial charge in [-0.1, -0.05) is 0 Å². The zero-order valence-corrected chi connectivity index (χ0v) is 10.8. The number of rotatable bonds is 3. The second-order valence-electron chi connectivity index (χ2n) is 4.47. The maximum absolute atomic E-state index is 8.99. The normalized spacial score (nSPS) is 19.3. The minimum absolute atomic E-state index is 0.178. The standard InChI is InChI=1S/C13H18N4O/c1-9-5-13(17-10(2)12(9)6-14)16-8-11-7-15-3-4-18-11/h5,11,15H,3-4,7-8H2,1-2H3,(H,16,17). The van der Waals surface area contributed by atoms with E-state index in [1.54, 1.807) is 0 Å². The van der Waals surface area contributed by atoms with E-state index < -0.39 is 0 Å². The van der Waals surface area contributed by atoms with E-state index in [2.05, 4.69) is 21.7 Å². The van der Waals surface area contributed by atoms with E-state index in [0.29, 0.717) is 5.56 Å². The molecule has 0 amide bonds. The van der Waals surface area contributed by atoms with Gasteiger partial charge in [-0.15, -0.1) is 0 Å². The molecule has 0 spiro atoms. The lowest BCUT2D eigenvalue weighted by Gasteiger charge is -2.24. The van der Waals surface area contributed by atoms with E-state index in [0.717, 1.165) is 43.3 Å². The Hall–Kier alpha value is -1.64. The van der Waals surface area contributed by atoms with Crippen LogP contribution in [0.15, 0.2) is 6.07 Å². The van der Waals surface area contributed by atoms with Gasteiger partial charge in [0.05, 0.1) is 24.0 Å². The van der Waals surface area contributed by atoms with Crippen LogP contribution in [0.1, 0.15) is 16.8 Å². The summed E-state index contributed by atoms with van der Waals surface area (Å²) >= 11 is 0. The molecule has 1 saturated heterocycles. The van der Waals surface area contributed by atoms with Gasteiger partial charge in [0.25, 0.3) is 0 Å². The summed E-state index contributed by atoms with van der Waals surface area (Å²) in [6.07, 6.45) is 0.178. The molecule has 5 nitrogen and oxygen atoms in total. The summed E-state index contributed by atoms with van der Waals surface area (Å²) in [5, 5.41) is 15.5. The zero-order valence-electron chi connectivity index (χ0n) is 10.8. The number of hydrogen-bond donors (Lipinski definition) is 2. The summed E-state index contributed by atoms with van der Waals surface area (Å²) in [7, 11) is 0. The second-order valence-corrected chi connectivity index (χ2v) is 4.47. The number of nitrogens with one attached hydrogen (secondary N) is 2. The Labute approximate surface area is 107 Å². The van der Waals surface area contributed by atoms with Crippen molar-refractivity contribution in [3.63, 3.8) is 0 Å². The fraction of sp³-hybridized carbons (Fsp3) is 0.538. The highest BCUT2D eigenvalue weighted by Crippen LogP contribution is 2.15. The Bertz CT molecular complexity index is 438. The van der Waals surface area contributed by atoms with Gasteiger partial charge in [0.2, 0.25) is 0 Å². The van der Waals surface area contributed by atoms with Gasteiger partial charge < -0.3 is 15.4 Å². The molecule has 5 heteroatoms. The molecular weight excluding hydrogens is 228 g/mol. The van der Waals surface area contributed by atoms with E-state index in [1.807, 2.05) is 19.9 Å². The lowest BCUT2D eigenvalue weighted by atomic mass is 10.1. The third-order valence-corrected chi connectivity index (χ3v) is 3.02. The molecule has 0 aromatic carbocycles. The first-order valence-electron chi connectivity index (χ1n) is 6.15. The number of aryl methyl sites for hydroxylation is 2. The second kappa shape index (κ2) is 5.80. The molecule has 0 bridgehead atoms. The van der Waals surface area contributed by atoms with E-state index in [9.17, 15) is 0 Å². The van der Waals surface area contributed by atoms with Gasteiger partial charge in [0.1, 0.15) is 11.9 Å². The first-order chi connectivity index (χ1) is 8.70. The van der Waals surface area contributed by atoms with Crippen molar-refractivity contribution in [2.24, 2.45) is 0 Å². The van der Waals surface area contributed by atoms with Gasteiger partial charge >= 0.3 is 0 Å². The fourth-order valence-corrected chi connectivity index (χ4v) is 2.06. The molecule has 18 heavy (non-hydrogen) atoms. The summed E-state index contributed by atoms with van der Waals surface area (Å²) in [5.41, 5.74) is 2.38. The van der Waals surface area contributed by atoms with Crippen LogP contribution in [0.4, 0.5) is 5.82 Å². The van der Waals surface area contributed by atoms with Crippen molar-refractivity contribution >= 4 is 5.82 Å². The highest BCUT2D eigenvalue weighted by Gasteiger charge is 2.13. The Morgan fingerprint density at radius 1 is 1.61 bits per heavy atom. The molecule has 0 radical (unpaired) electrons. The largest absolute Gasteiger partial charge is 0.374 e. The molecular formula is C13H18N4O. The first-order valence-corrected chi connectivity index (χ1v) is 6.15. The van der Waals surface area contributed by atoms with Gasteiger partial charge in [0.15, 0.2) is 0 Å². The lowest BCUT2D eigenvalue weighted by Crippen LogP contribution is -2.42. The first kappa shape index (κ1) is 12.8. The van der Waals surface area contributed by atoms with E-state index in [-0.39, 0.29) is 6.10 Å². The topological polar surface area (TPSA) is 70.0 Å². The van der Waals surface area contributed by atoms with Crippen LogP contribution >= 0.6 is 0 Å². The quantitative estimate of drug-likeness (QED) is 0.831. The summed E-state index contributed by atoms with van der Waals surface area (Å²) < 4.78 is 5.60. The molecule has 1 aromatic heterocycles. The van der Waals surface area contributed by atoms with Crippen molar-refractivity contribution < 1.29 is 4.74 Å². The van der Waals surface area contributed by atoms with Crippen LogP contribution in [0.5, 0.6) is 0 Å². The molecule has 1 fully saturated rings. The van der Waals surface area contributed by atoms with Crippen LogP contribution in [0.2, 0.25) is 0 Å². The highest BCUT2D eigenvalue weighted by molar-refractivity contribution is 5.48. The minimum Gasteiger partial charge on any atom is -0.374 e. The van der Waals surface area contributed by atoms with E-state index in [1.165, 1.54) is 0 Å². The number of morpholine rings is 1. The third kappa shape index (κ3) is 2.97. The number of anilines is 1. The maximum Gasteiger partial charge on any atom is 0.126 e. The predicted octanol–water partition coefficient (Wildman–Crippen LogP) is 0.970. The third-order valence-electron chi connectivity index (χ3n) is 3.02. The molecule has 2 N–H and O–H groups in total. The fourth-order valence-electron chi connectivity index (χ4n) is 2.06. The smallest absolute Gasteiger partial charge is 0.126 e. The molecule has 1 aliphatic rings. The monoisotopic (exact) mass is 246 g/mol. The van der Waals surface area contributed by atoms with Crippen LogP contribution in [0.3, 0.4) is 0 Å². The summed E-state index contributed by atoms with van der Waals surface area (Å²) in [5.74, 6) is 0.804. The van der Waals surface area contributed by atoms with Crippen molar-refractivity contribution in [3.05, 3.63) is 22.9 Å². The van der Waals surface area contributed by atoms with E-state index >= 15 is 0 Å². The number of hydrogen-bond acceptors (Lipinski definition) is 5. The van der Waals surface area contributed by atoms with Crippen LogP contribution in [0.25, 0.3) is 0 Å². The maximum atomic E-state index is 8.99. The molecule has 1 atom stereocenters. The Balaban J connectivity index is 1.99. The number of pyridine rings is 1. The molecule has 1 aromatic rings. The van der Waals surface area contributed by atoms with E-state index in [4.69, 9.17) is 10.00 Å². The molecule has 0 aliphatic carbocycles. The molecule has 1 unspecified atom stereocenters. The number of nitrogens with zero attached hydrogens (tertiary/aromatic N) is 2. The zero-order chi connectivity index (χ0) is 13.0. The Morgan fingerprint density at radius 2 is 2.44 bits per heavy atom. The predicted molar refractivity (Wildman–Crippen MR) is 69.5 cm³/mol. The average molecular weight is 246 g/mol. The van der Waals surface area contributed by atoms with Crippen molar-refractivity contribution in [3.8, 4) is 6.07 Å². The van der Waals surface area contributed by atoms with Crippen LogP contribution in [-0.4, -0.2) is 37.3 Å². The lowest BCUT2D eigenvalue weighted by molar-refractivity contribution is 0.0372. The average Bonchev–Trinajstić information content (AvgIpc) is 2.37. The van der Waals surface area contributed by atoms with Gasteiger partial charge in [-0.25, -0.2) is 4.98 Å². The number of nitriles is 1. The summed E-state index contributed by atoms with van der Waals surface area (Å²) in [4.78, 5) is 4.38. The van der Waals surface area contributed by atoms with Crippen LogP contribution in [0, 0.1) is 25.2 Å². The highest BCUT2D eigenvalue weighted by atomic mass is 16.5. The van der Waals surface area contributed by atoms with Gasteiger partial charge in [-0.3, -0.25) is 0 Å². The molecule has 1 aliphatic heterocycles. The molecule has 2 rings (SSSR count). The van der Waals surface area contributed by atoms with Gasteiger partial charge in [0, 0.05) is 19.6 Å². The number of ether oxygens (including phenoxy) is 1. The van der Waals surface area contributed by atoms with Crippen molar-refractivity contribution in [1.29, 1.82) is 5.26 Å². The summed E-state index contributed by atoms with van der Waals surface area (Å²) in [6.45, 7) is 7.05.